The van der Waals surface area contributed by atoms with Crippen molar-refractivity contribution in [2.24, 2.45) is 0 Å². The van der Waals surface area contributed by atoms with Gasteiger partial charge in [-0.1, -0.05) is 17.7 Å². The first-order valence-electron chi connectivity index (χ1n) is 3.12. The Balaban J connectivity index is 2.11. The number of hydrogen-bond acceptors (Lipinski definition) is 2. The van der Waals surface area contributed by atoms with Crippen molar-refractivity contribution in [1.82, 2.24) is 10.2 Å². The van der Waals surface area contributed by atoms with Crippen LogP contribution in [0.3, 0.4) is 0 Å². The van der Waals surface area contributed by atoms with Gasteiger partial charge in [0.2, 0.25) is 0 Å². The molecule has 2 nitrogen and oxygen atoms in total. The maximum atomic E-state index is 5.35. The van der Waals surface area contributed by atoms with Crippen LogP contribution in [0.2, 0.25) is 0 Å². The fraction of sp³-hybridized carbons (Fsp3) is 0.667. The van der Waals surface area contributed by atoms with Crippen LogP contribution >= 0.6 is 11.6 Å². The Hall–Kier alpha value is -0.0500. The van der Waals surface area contributed by atoms with Crippen LogP contribution in [0.4, 0.5) is 0 Å². The van der Waals surface area contributed by atoms with Gasteiger partial charge in [0.15, 0.2) is 0 Å². The molecule has 0 radical (unpaired) electrons. The lowest BCUT2D eigenvalue weighted by molar-refractivity contribution is 0.373. The van der Waals surface area contributed by atoms with E-state index in [0.29, 0.717) is 0 Å². The quantitative estimate of drug-likeness (QED) is 0.614. The molecule has 52 valence electrons. The Morgan fingerprint density at radius 1 is 1.67 bits per heavy atom. The highest BCUT2D eigenvalue weighted by Crippen LogP contribution is 1.92. The molecule has 0 atom stereocenters. The minimum Gasteiger partial charge on any atom is -0.303 e. The zero-order valence-corrected chi connectivity index (χ0v) is 6.06. The molecule has 0 spiro atoms. The standard InChI is InChI=1S/C6H11ClN2/c7-2-1-4-9-5-3-8-6-9/h1-2,8H,3-6H2. The summed E-state index contributed by atoms with van der Waals surface area (Å²) in [7, 11) is 0. The van der Waals surface area contributed by atoms with Crippen molar-refractivity contribution in [1.29, 1.82) is 0 Å². The third-order valence-electron chi connectivity index (χ3n) is 1.39. The summed E-state index contributed by atoms with van der Waals surface area (Å²) in [5, 5.41) is 3.23. The van der Waals surface area contributed by atoms with E-state index in [2.05, 4.69) is 10.2 Å². The van der Waals surface area contributed by atoms with Crippen molar-refractivity contribution < 1.29 is 0 Å². The number of nitrogens with one attached hydrogen (secondary N) is 1. The van der Waals surface area contributed by atoms with Crippen molar-refractivity contribution in [3.63, 3.8) is 0 Å². The van der Waals surface area contributed by atoms with Gasteiger partial charge in [-0.2, -0.15) is 0 Å². The van der Waals surface area contributed by atoms with Gasteiger partial charge in [0.05, 0.1) is 0 Å². The zero-order chi connectivity index (χ0) is 6.53. The molecular weight excluding hydrogens is 136 g/mol. The average Bonchev–Trinajstić information content (AvgIpc) is 2.34. The number of hydrogen-bond donors (Lipinski definition) is 1. The van der Waals surface area contributed by atoms with Gasteiger partial charge in [-0.25, -0.2) is 0 Å². The van der Waals surface area contributed by atoms with E-state index in [1.807, 2.05) is 6.08 Å². The Bertz CT molecular complexity index is 97.2. The van der Waals surface area contributed by atoms with E-state index in [1.165, 1.54) is 0 Å². The molecule has 1 heterocycles. The van der Waals surface area contributed by atoms with E-state index in [1.54, 1.807) is 5.54 Å². The molecular formula is C6H11ClN2. The monoisotopic (exact) mass is 146 g/mol. The first-order valence-corrected chi connectivity index (χ1v) is 3.55. The molecule has 1 N–H and O–H groups in total. The van der Waals surface area contributed by atoms with E-state index in [4.69, 9.17) is 11.6 Å². The average molecular weight is 147 g/mol. The second kappa shape index (κ2) is 3.88. The maximum absolute atomic E-state index is 5.35. The number of halogens is 1. The molecule has 1 saturated heterocycles. The Morgan fingerprint density at radius 3 is 3.11 bits per heavy atom. The van der Waals surface area contributed by atoms with E-state index in [0.717, 1.165) is 26.3 Å². The number of rotatable bonds is 2. The van der Waals surface area contributed by atoms with Gasteiger partial charge in [-0.15, -0.1) is 0 Å². The highest BCUT2D eigenvalue weighted by atomic mass is 35.5. The van der Waals surface area contributed by atoms with Crippen LogP contribution in [0.5, 0.6) is 0 Å². The lowest BCUT2D eigenvalue weighted by Gasteiger charge is -2.08. The fourth-order valence-electron chi connectivity index (χ4n) is 0.898. The van der Waals surface area contributed by atoms with Gasteiger partial charge in [0.1, 0.15) is 0 Å². The molecule has 1 fully saturated rings. The third kappa shape index (κ3) is 2.35. The highest BCUT2D eigenvalue weighted by Gasteiger charge is 2.06. The van der Waals surface area contributed by atoms with Crippen LogP contribution < -0.4 is 5.32 Å². The smallest absolute Gasteiger partial charge is 0.0484 e. The van der Waals surface area contributed by atoms with Gasteiger partial charge in [0.25, 0.3) is 0 Å². The largest absolute Gasteiger partial charge is 0.303 e. The lowest BCUT2D eigenvalue weighted by atomic mass is 10.5. The summed E-state index contributed by atoms with van der Waals surface area (Å²) in [6.07, 6.45) is 1.95. The molecule has 0 amide bonds. The Morgan fingerprint density at radius 2 is 2.56 bits per heavy atom. The Labute approximate surface area is 60.5 Å². The van der Waals surface area contributed by atoms with Crippen LogP contribution in [-0.2, 0) is 0 Å². The normalized spacial score (nSPS) is 21.9. The molecule has 0 aromatic rings. The van der Waals surface area contributed by atoms with Crippen molar-refractivity contribution in [2.45, 2.75) is 0 Å². The van der Waals surface area contributed by atoms with Crippen molar-refractivity contribution in [2.75, 3.05) is 26.3 Å². The minimum absolute atomic E-state index is 0.969. The van der Waals surface area contributed by atoms with Crippen molar-refractivity contribution in [3.05, 3.63) is 11.6 Å². The van der Waals surface area contributed by atoms with E-state index >= 15 is 0 Å². The van der Waals surface area contributed by atoms with Crippen LogP contribution in [0.25, 0.3) is 0 Å². The van der Waals surface area contributed by atoms with Crippen LogP contribution in [-0.4, -0.2) is 31.2 Å². The Kier molecular flexibility index (Phi) is 3.04. The van der Waals surface area contributed by atoms with Crippen molar-refractivity contribution >= 4 is 11.6 Å². The summed E-state index contributed by atoms with van der Waals surface area (Å²) >= 11 is 5.35. The molecule has 0 bridgehead atoms. The summed E-state index contributed by atoms with van der Waals surface area (Å²) in [5.74, 6) is 0. The summed E-state index contributed by atoms with van der Waals surface area (Å²) in [4.78, 5) is 2.29. The zero-order valence-electron chi connectivity index (χ0n) is 5.31. The SMILES string of the molecule is ClC=CCN1CCNC1. The molecule has 0 aromatic carbocycles. The molecule has 9 heavy (non-hydrogen) atoms. The molecule has 0 aromatic heterocycles. The van der Waals surface area contributed by atoms with Gasteiger partial charge in [-0.3, -0.25) is 4.90 Å². The van der Waals surface area contributed by atoms with Gasteiger partial charge < -0.3 is 5.32 Å². The first kappa shape index (κ1) is 7.06. The molecule has 0 unspecified atom stereocenters. The van der Waals surface area contributed by atoms with Gasteiger partial charge in [-0.05, 0) is 0 Å². The molecule has 0 aliphatic carbocycles. The molecule has 3 heteroatoms. The predicted octanol–water partition coefficient (Wildman–Crippen LogP) is 0.602. The first-order chi connectivity index (χ1) is 4.43. The van der Waals surface area contributed by atoms with Crippen LogP contribution in [0.15, 0.2) is 11.6 Å². The van der Waals surface area contributed by atoms with Crippen LogP contribution in [0.1, 0.15) is 0 Å². The van der Waals surface area contributed by atoms with Gasteiger partial charge >= 0.3 is 0 Å². The highest BCUT2D eigenvalue weighted by molar-refractivity contribution is 6.25. The molecule has 1 rings (SSSR count). The lowest BCUT2D eigenvalue weighted by Crippen LogP contribution is -2.21. The molecule has 1 aliphatic rings. The predicted molar refractivity (Wildman–Crippen MR) is 39.4 cm³/mol. The maximum Gasteiger partial charge on any atom is 0.0484 e. The third-order valence-corrected chi connectivity index (χ3v) is 1.57. The summed E-state index contributed by atoms with van der Waals surface area (Å²) in [6, 6.07) is 0. The fourth-order valence-corrected chi connectivity index (χ4v) is 0.978. The van der Waals surface area contributed by atoms with Crippen LogP contribution in [0, 0.1) is 0 Å². The van der Waals surface area contributed by atoms with Crippen molar-refractivity contribution in [3.8, 4) is 0 Å². The second-order valence-corrected chi connectivity index (χ2v) is 2.35. The van der Waals surface area contributed by atoms with E-state index < -0.39 is 0 Å². The van der Waals surface area contributed by atoms with Gasteiger partial charge in [0, 0.05) is 31.8 Å². The molecule has 0 saturated carbocycles. The minimum atomic E-state index is 0.969. The summed E-state index contributed by atoms with van der Waals surface area (Å²) < 4.78 is 0. The van der Waals surface area contributed by atoms with E-state index in [9.17, 15) is 0 Å². The van der Waals surface area contributed by atoms with E-state index in [-0.39, 0.29) is 0 Å². The molecule has 1 aliphatic heterocycles. The number of nitrogens with zero attached hydrogens (tertiary/aromatic N) is 1. The summed E-state index contributed by atoms with van der Waals surface area (Å²) in [5.41, 5.74) is 1.57. The second-order valence-electron chi connectivity index (χ2n) is 2.10. The summed E-state index contributed by atoms with van der Waals surface area (Å²) in [6.45, 7) is 4.22. The topological polar surface area (TPSA) is 15.3 Å².